The summed E-state index contributed by atoms with van der Waals surface area (Å²) in [5, 5.41) is 0. The average Bonchev–Trinajstić information content (AvgIpc) is 2.68. The Labute approximate surface area is 131 Å². The van der Waals surface area contributed by atoms with E-state index < -0.39 is 13.3 Å². The van der Waals surface area contributed by atoms with Gasteiger partial charge in [-0.15, -0.1) is 0 Å². The minimum Gasteiger partial charge on any atom is -0.398 e. The summed E-state index contributed by atoms with van der Waals surface area (Å²) in [6, 6.07) is 0. The molecule has 0 N–H and O–H groups in total. The molecule has 2 fully saturated rings. The molecule has 120 valence electrons. The van der Waals surface area contributed by atoms with Gasteiger partial charge in [0.25, 0.3) is 0 Å². The lowest BCUT2D eigenvalue weighted by Gasteiger charge is -2.32. The van der Waals surface area contributed by atoms with Crippen molar-refractivity contribution in [2.24, 2.45) is 0 Å². The zero-order valence-electron chi connectivity index (χ0n) is 13.7. The predicted molar refractivity (Wildman–Crippen MR) is 84.1 cm³/mol. The molecule has 2 aliphatic heterocycles. The molecule has 0 amide bonds. The van der Waals surface area contributed by atoms with E-state index in [1.807, 2.05) is 27.7 Å². The fraction of sp³-hybridized carbons (Fsp3) is 0.733. The predicted octanol–water partition coefficient (Wildman–Crippen LogP) is 1.71. The van der Waals surface area contributed by atoms with Gasteiger partial charge in [0, 0.05) is 19.3 Å². The van der Waals surface area contributed by atoms with Crippen LogP contribution in [0.2, 0.25) is 0 Å². The van der Waals surface area contributed by atoms with E-state index >= 15 is 0 Å². The first-order valence-corrected chi connectivity index (χ1v) is 7.85. The number of aromatic nitrogens is 2. The van der Waals surface area contributed by atoms with Crippen molar-refractivity contribution >= 4 is 18.5 Å². The van der Waals surface area contributed by atoms with Crippen LogP contribution in [0.1, 0.15) is 40.5 Å². The lowest BCUT2D eigenvalue weighted by atomic mass is 9.85. The summed E-state index contributed by atoms with van der Waals surface area (Å²) < 4.78 is 25.1. The minimum absolute atomic E-state index is 0.388. The molecular formula is C15H23BFN3O2. The molecule has 2 saturated heterocycles. The van der Waals surface area contributed by atoms with Crippen molar-refractivity contribution in [1.29, 1.82) is 0 Å². The second-order valence-electron chi connectivity index (χ2n) is 7.05. The van der Waals surface area contributed by atoms with E-state index in [9.17, 15) is 4.39 Å². The molecule has 0 unspecified atom stereocenters. The zero-order valence-corrected chi connectivity index (χ0v) is 13.7. The van der Waals surface area contributed by atoms with Crippen LogP contribution in [0.4, 0.5) is 10.2 Å². The molecular weight excluding hydrogens is 284 g/mol. The summed E-state index contributed by atoms with van der Waals surface area (Å²) in [6.07, 6.45) is 3.84. The SMILES string of the molecule is CC1(C)OB(c2cnc(N3CCC(F)CC3)cn2)OC1(C)C. The summed E-state index contributed by atoms with van der Waals surface area (Å²) in [5.41, 5.74) is -0.107. The number of halogens is 1. The largest absolute Gasteiger partial charge is 0.516 e. The molecule has 5 nitrogen and oxygen atoms in total. The highest BCUT2D eigenvalue weighted by Crippen LogP contribution is 2.36. The number of hydrogen-bond donors (Lipinski definition) is 0. The number of anilines is 1. The Morgan fingerprint density at radius 3 is 2.18 bits per heavy atom. The van der Waals surface area contributed by atoms with Gasteiger partial charge < -0.3 is 14.2 Å². The van der Waals surface area contributed by atoms with E-state index in [2.05, 4.69) is 14.9 Å². The third-order valence-electron chi connectivity index (χ3n) is 4.90. The van der Waals surface area contributed by atoms with Gasteiger partial charge in [0.1, 0.15) is 12.0 Å². The van der Waals surface area contributed by atoms with Crippen LogP contribution in [0.25, 0.3) is 0 Å². The molecule has 1 aromatic heterocycles. The Morgan fingerprint density at radius 1 is 1.09 bits per heavy atom. The van der Waals surface area contributed by atoms with Crippen LogP contribution in [0.15, 0.2) is 12.4 Å². The number of alkyl halides is 1. The lowest BCUT2D eigenvalue weighted by molar-refractivity contribution is 0.00578. The van der Waals surface area contributed by atoms with Gasteiger partial charge in [0.15, 0.2) is 0 Å². The first-order valence-electron chi connectivity index (χ1n) is 7.85. The van der Waals surface area contributed by atoms with E-state index in [-0.39, 0.29) is 11.2 Å². The van der Waals surface area contributed by atoms with E-state index in [1.54, 1.807) is 12.4 Å². The molecule has 3 heterocycles. The Balaban J connectivity index is 1.70. The molecule has 0 aromatic carbocycles. The number of rotatable bonds is 2. The van der Waals surface area contributed by atoms with Crippen LogP contribution in [0.5, 0.6) is 0 Å². The standard InChI is InChI=1S/C15H23BFN3O2/c1-14(2)15(3,4)22-16(21-14)12-9-19-13(10-18-12)20-7-5-11(17)6-8-20/h9-11H,5-8H2,1-4H3. The monoisotopic (exact) mass is 307 g/mol. The van der Waals surface area contributed by atoms with Crippen molar-refractivity contribution < 1.29 is 13.7 Å². The van der Waals surface area contributed by atoms with Crippen molar-refractivity contribution in [3.63, 3.8) is 0 Å². The van der Waals surface area contributed by atoms with E-state index in [4.69, 9.17) is 9.31 Å². The molecule has 0 aliphatic carbocycles. The van der Waals surface area contributed by atoms with Gasteiger partial charge in [0.2, 0.25) is 0 Å². The quantitative estimate of drug-likeness (QED) is 0.779. The molecule has 0 atom stereocenters. The second-order valence-corrected chi connectivity index (χ2v) is 7.05. The van der Waals surface area contributed by atoms with Gasteiger partial charge in [-0.1, -0.05) is 0 Å². The Hall–Kier alpha value is -1.21. The highest BCUT2D eigenvalue weighted by molar-refractivity contribution is 6.61. The highest BCUT2D eigenvalue weighted by Gasteiger charge is 2.52. The van der Waals surface area contributed by atoms with Crippen LogP contribution in [0.3, 0.4) is 0 Å². The summed E-state index contributed by atoms with van der Waals surface area (Å²) >= 11 is 0. The normalized spacial score (nSPS) is 24.8. The number of nitrogens with zero attached hydrogens (tertiary/aromatic N) is 3. The Kier molecular flexibility index (Phi) is 3.89. The smallest absolute Gasteiger partial charge is 0.398 e. The maximum absolute atomic E-state index is 13.2. The summed E-state index contributed by atoms with van der Waals surface area (Å²) in [5.74, 6) is 0.784. The first kappa shape index (κ1) is 15.7. The van der Waals surface area contributed by atoms with Gasteiger partial charge in [0.05, 0.1) is 23.0 Å². The Morgan fingerprint density at radius 2 is 1.68 bits per heavy atom. The van der Waals surface area contributed by atoms with Gasteiger partial charge in [-0.25, -0.2) is 9.37 Å². The topological polar surface area (TPSA) is 47.5 Å². The van der Waals surface area contributed by atoms with Crippen LogP contribution in [-0.4, -0.2) is 47.5 Å². The van der Waals surface area contributed by atoms with Gasteiger partial charge >= 0.3 is 7.12 Å². The van der Waals surface area contributed by atoms with Crippen molar-refractivity contribution in [2.75, 3.05) is 18.0 Å². The van der Waals surface area contributed by atoms with Crippen LogP contribution < -0.4 is 10.5 Å². The van der Waals surface area contributed by atoms with Crippen molar-refractivity contribution in [3.8, 4) is 0 Å². The summed E-state index contributed by atoms with van der Waals surface area (Å²) in [4.78, 5) is 11.0. The summed E-state index contributed by atoms with van der Waals surface area (Å²) in [7, 11) is -0.497. The van der Waals surface area contributed by atoms with Crippen molar-refractivity contribution in [1.82, 2.24) is 9.97 Å². The third kappa shape index (κ3) is 2.84. The minimum atomic E-state index is -0.687. The molecule has 3 rings (SSSR count). The molecule has 2 aliphatic rings. The molecule has 0 bridgehead atoms. The third-order valence-corrected chi connectivity index (χ3v) is 4.90. The van der Waals surface area contributed by atoms with Crippen LogP contribution >= 0.6 is 0 Å². The maximum Gasteiger partial charge on any atom is 0.516 e. The fourth-order valence-corrected chi connectivity index (χ4v) is 2.66. The fourth-order valence-electron chi connectivity index (χ4n) is 2.66. The van der Waals surface area contributed by atoms with E-state index in [1.165, 1.54) is 0 Å². The van der Waals surface area contributed by atoms with Crippen LogP contribution in [-0.2, 0) is 9.31 Å². The number of hydrogen-bond acceptors (Lipinski definition) is 5. The van der Waals surface area contributed by atoms with E-state index in [0.717, 1.165) is 5.82 Å². The van der Waals surface area contributed by atoms with Gasteiger partial charge in [-0.2, -0.15) is 0 Å². The summed E-state index contributed by atoms with van der Waals surface area (Å²) in [6.45, 7) is 9.41. The second kappa shape index (κ2) is 5.46. The molecule has 22 heavy (non-hydrogen) atoms. The van der Waals surface area contributed by atoms with Crippen molar-refractivity contribution in [2.45, 2.75) is 57.9 Å². The molecule has 7 heteroatoms. The lowest BCUT2D eigenvalue weighted by Crippen LogP contribution is -2.41. The highest BCUT2D eigenvalue weighted by atomic mass is 19.1. The molecule has 0 saturated carbocycles. The van der Waals surface area contributed by atoms with Crippen molar-refractivity contribution in [3.05, 3.63) is 12.4 Å². The van der Waals surface area contributed by atoms with Gasteiger partial charge in [-0.05, 0) is 40.5 Å². The Bertz CT molecular complexity index is 514. The molecule has 0 spiro atoms. The van der Waals surface area contributed by atoms with Gasteiger partial charge in [-0.3, -0.25) is 4.98 Å². The molecule has 0 radical (unpaired) electrons. The zero-order chi connectivity index (χ0) is 16.0. The average molecular weight is 307 g/mol. The maximum atomic E-state index is 13.2. The molecule has 1 aromatic rings. The first-order chi connectivity index (χ1) is 10.3. The number of piperidine rings is 1. The van der Waals surface area contributed by atoms with Crippen LogP contribution in [0, 0.1) is 0 Å². The van der Waals surface area contributed by atoms with E-state index in [0.29, 0.717) is 31.5 Å².